The van der Waals surface area contributed by atoms with Crippen LogP contribution in [0, 0.1) is 5.82 Å². The second-order valence-electron chi connectivity index (χ2n) is 6.81. The van der Waals surface area contributed by atoms with Gasteiger partial charge < -0.3 is 15.5 Å². The summed E-state index contributed by atoms with van der Waals surface area (Å²) in [7, 11) is 3.89. The number of nitrogens with zero attached hydrogens (tertiary/aromatic N) is 3. The van der Waals surface area contributed by atoms with E-state index in [1.807, 2.05) is 25.1 Å². The minimum absolute atomic E-state index is 0.109. The van der Waals surface area contributed by atoms with Gasteiger partial charge in [0.2, 0.25) is 5.95 Å². The van der Waals surface area contributed by atoms with Crippen molar-refractivity contribution in [1.82, 2.24) is 15.3 Å². The van der Waals surface area contributed by atoms with E-state index in [4.69, 9.17) is 0 Å². The minimum atomic E-state index is -0.398. The van der Waals surface area contributed by atoms with E-state index in [2.05, 4.69) is 20.6 Å². The Kier molecular flexibility index (Phi) is 5.65. The molecule has 0 unspecified atom stereocenters. The van der Waals surface area contributed by atoms with E-state index in [9.17, 15) is 9.18 Å². The molecule has 2 N–H and O–H groups in total. The van der Waals surface area contributed by atoms with Crippen LogP contribution in [-0.2, 0) is 0 Å². The molecule has 0 saturated heterocycles. The Hall–Kier alpha value is -2.70. The number of carbonyl (C=O) groups excluding carboxylic acids is 1. The summed E-state index contributed by atoms with van der Waals surface area (Å²) in [6.45, 7) is 0. The van der Waals surface area contributed by atoms with Gasteiger partial charge in [0.25, 0.3) is 5.91 Å². The van der Waals surface area contributed by atoms with E-state index >= 15 is 0 Å². The third-order valence-corrected chi connectivity index (χ3v) is 4.58. The van der Waals surface area contributed by atoms with Crippen LogP contribution in [0.2, 0.25) is 0 Å². The predicted molar refractivity (Wildman–Crippen MR) is 99.9 cm³/mol. The molecule has 2 aromatic rings. The van der Waals surface area contributed by atoms with Gasteiger partial charge in [-0.2, -0.15) is 4.98 Å². The van der Waals surface area contributed by atoms with Crippen LogP contribution in [0.15, 0.2) is 36.5 Å². The van der Waals surface area contributed by atoms with Crippen LogP contribution < -0.4 is 15.5 Å². The lowest BCUT2D eigenvalue weighted by Crippen LogP contribution is -2.40. The second-order valence-corrected chi connectivity index (χ2v) is 6.81. The number of hydrogen-bond acceptors (Lipinski definition) is 5. The van der Waals surface area contributed by atoms with Gasteiger partial charge in [-0.05, 0) is 49.9 Å². The number of anilines is 2. The van der Waals surface area contributed by atoms with Crippen molar-refractivity contribution in [2.45, 2.75) is 37.8 Å². The van der Waals surface area contributed by atoms with Gasteiger partial charge in [-0.25, -0.2) is 9.37 Å². The van der Waals surface area contributed by atoms with Crippen molar-refractivity contribution in [3.05, 3.63) is 47.9 Å². The lowest BCUT2D eigenvalue weighted by Gasteiger charge is -2.29. The van der Waals surface area contributed by atoms with Gasteiger partial charge >= 0.3 is 0 Å². The fourth-order valence-electron chi connectivity index (χ4n) is 3.13. The van der Waals surface area contributed by atoms with Gasteiger partial charge in [-0.3, -0.25) is 4.79 Å². The molecule has 1 fully saturated rings. The number of aromatic nitrogens is 2. The first-order valence-corrected chi connectivity index (χ1v) is 8.84. The number of carbonyl (C=O) groups is 1. The summed E-state index contributed by atoms with van der Waals surface area (Å²) in [5.41, 5.74) is 0.360. The molecule has 0 atom stereocenters. The summed E-state index contributed by atoms with van der Waals surface area (Å²) >= 11 is 0. The third-order valence-electron chi connectivity index (χ3n) is 4.58. The standard InChI is InChI=1S/C19H24FN5O/c1-25(2)17-10-11-21-19(24-17)23-16-8-6-15(7-9-16)22-18(26)13-4-3-5-14(20)12-13/h3-5,10-12,15-16H,6-9H2,1-2H3,(H,22,26)(H,21,23,24). The molecule has 6 nitrogen and oxygen atoms in total. The first-order chi connectivity index (χ1) is 12.5. The quantitative estimate of drug-likeness (QED) is 0.861. The molecule has 7 heteroatoms. The van der Waals surface area contributed by atoms with E-state index in [-0.39, 0.29) is 18.0 Å². The summed E-state index contributed by atoms with van der Waals surface area (Å²) in [6, 6.07) is 8.03. The molecule has 1 aliphatic carbocycles. The Morgan fingerprint density at radius 3 is 2.58 bits per heavy atom. The Labute approximate surface area is 152 Å². The number of benzene rings is 1. The monoisotopic (exact) mass is 357 g/mol. The zero-order valence-corrected chi connectivity index (χ0v) is 15.1. The van der Waals surface area contributed by atoms with Crippen LogP contribution in [0.1, 0.15) is 36.0 Å². The van der Waals surface area contributed by atoms with E-state index < -0.39 is 5.82 Å². The number of rotatable bonds is 5. The number of nitrogens with one attached hydrogen (secondary N) is 2. The van der Waals surface area contributed by atoms with Gasteiger partial charge in [0.15, 0.2) is 0 Å². The summed E-state index contributed by atoms with van der Waals surface area (Å²) < 4.78 is 13.2. The maximum Gasteiger partial charge on any atom is 0.251 e. The molecule has 1 aliphatic rings. The maximum absolute atomic E-state index is 13.2. The van der Waals surface area contributed by atoms with Crippen molar-refractivity contribution in [1.29, 1.82) is 0 Å². The van der Waals surface area contributed by atoms with Crippen LogP contribution in [0.25, 0.3) is 0 Å². The minimum Gasteiger partial charge on any atom is -0.363 e. The van der Waals surface area contributed by atoms with Crippen molar-refractivity contribution in [2.75, 3.05) is 24.3 Å². The second kappa shape index (κ2) is 8.12. The smallest absolute Gasteiger partial charge is 0.251 e. The van der Waals surface area contributed by atoms with Crippen LogP contribution in [0.5, 0.6) is 0 Å². The summed E-state index contributed by atoms with van der Waals surface area (Å²) in [5.74, 6) is 0.871. The molecule has 1 aromatic heterocycles. The Balaban J connectivity index is 1.50. The molecule has 1 heterocycles. The van der Waals surface area contributed by atoms with Crippen LogP contribution in [0.4, 0.5) is 16.2 Å². The fourth-order valence-corrected chi connectivity index (χ4v) is 3.13. The van der Waals surface area contributed by atoms with Gasteiger partial charge in [0.05, 0.1) is 0 Å². The molecule has 3 rings (SSSR count). The molecule has 1 saturated carbocycles. The summed E-state index contributed by atoms with van der Waals surface area (Å²) in [6.07, 6.45) is 5.32. The largest absolute Gasteiger partial charge is 0.363 e. The lowest BCUT2D eigenvalue weighted by atomic mass is 9.91. The molecule has 1 aromatic carbocycles. The zero-order valence-electron chi connectivity index (χ0n) is 15.1. The topological polar surface area (TPSA) is 70.2 Å². The van der Waals surface area contributed by atoms with Crippen molar-refractivity contribution < 1.29 is 9.18 Å². The fraction of sp³-hybridized carbons (Fsp3) is 0.421. The van der Waals surface area contributed by atoms with Crippen molar-refractivity contribution in [3.8, 4) is 0 Å². The molecule has 138 valence electrons. The molecular weight excluding hydrogens is 333 g/mol. The number of halogens is 1. The first-order valence-electron chi connectivity index (χ1n) is 8.84. The molecule has 0 aliphatic heterocycles. The van der Waals surface area contributed by atoms with E-state index in [0.29, 0.717) is 11.5 Å². The Bertz CT molecular complexity index is 759. The van der Waals surface area contributed by atoms with Gasteiger partial charge in [-0.15, -0.1) is 0 Å². The van der Waals surface area contributed by atoms with Crippen LogP contribution >= 0.6 is 0 Å². The van der Waals surface area contributed by atoms with Gasteiger partial charge in [0.1, 0.15) is 11.6 Å². The zero-order chi connectivity index (χ0) is 18.5. The van der Waals surface area contributed by atoms with Gasteiger partial charge in [0, 0.05) is 37.9 Å². The highest BCUT2D eigenvalue weighted by Gasteiger charge is 2.23. The van der Waals surface area contributed by atoms with Crippen LogP contribution in [0.3, 0.4) is 0 Å². The molecule has 1 amide bonds. The number of hydrogen-bond donors (Lipinski definition) is 2. The Morgan fingerprint density at radius 2 is 1.88 bits per heavy atom. The summed E-state index contributed by atoms with van der Waals surface area (Å²) in [5, 5.41) is 6.38. The molecule has 26 heavy (non-hydrogen) atoms. The highest BCUT2D eigenvalue weighted by molar-refractivity contribution is 5.94. The average molecular weight is 357 g/mol. The normalized spacial score (nSPS) is 19.7. The van der Waals surface area contributed by atoms with Crippen LogP contribution in [-0.4, -0.2) is 42.1 Å². The average Bonchev–Trinajstić information content (AvgIpc) is 2.63. The Morgan fingerprint density at radius 1 is 1.15 bits per heavy atom. The van der Waals surface area contributed by atoms with Crippen molar-refractivity contribution >= 4 is 17.7 Å². The molecular formula is C19H24FN5O. The van der Waals surface area contributed by atoms with E-state index in [1.54, 1.807) is 18.3 Å². The van der Waals surface area contributed by atoms with Crippen molar-refractivity contribution in [3.63, 3.8) is 0 Å². The molecule has 0 bridgehead atoms. The highest BCUT2D eigenvalue weighted by Crippen LogP contribution is 2.22. The predicted octanol–water partition coefficient (Wildman–Crippen LogP) is 2.83. The molecule has 0 spiro atoms. The van der Waals surface area contributed by atoms with Crippen molar-refractivity contribution in [2.24, 2.45) is 0 Å². The highest BCUT2D eigenvalue weighted by atomic mass is 19.1. The lowest BCUT2D eigenvalue weighted by molar-refractivity contribution is 0.0926. The third kappa shape index (κ3) is 4.68. The van der Waals surface area contributed by atoms with E-state index in [0.717, 1.165) is 31.5 Å². The maximum atomic E-state index is 13.2. The SMILES string of the molecule is CN(C)c1ccnc(NC2CCC(NC(=O)c3cccc(F)c3)CC2)n1. The summed E-state index contributed by atoms with van der Waals surface area (Å²) in [4.78, 5) is 22.9. The van der Waals surface area contributed by atoms with Gasteiger partial charge in [-0.1, -0.05) is 6.07 Å². The number of amides is 1. The van der Waals surface area contributed by atoms with E-state index in [1.165, 1.54) is 12.1 Å². The first kappa shape index (κ1) is 18.1. The molecule has 0 radical (unpaired) electrons.